The largest absolute Gasteiger partial charge is 0.492 e. The smallest absolute Gasteiger partial charge is 0.120 e. The van der Waals surface area contributed by atoms with Crippen LogP contribution >= 0.6 is 34.8 Å². The van der Waals surface area contributed by atoms with Crippen LogP contribution in [0.5, 0.6) is 5.75 Å². The summed E-state index contributed by atoms with van der Waals surface area (Å²) < 4.78 is 5.61. The molecule has 0 radical (unpaired) electrons. The number of hydrogen-bond acceptors (Lipinski definition) is 2. The van der Waals surface area contributed by atoms with E-state index < -0.39 is 0 Å². The first-order valence-corrected chi connectivity index (χ1v) is 7.26. The maximum atomic E-state index is 6.05. The highest BCUT2D eigenvalue weighted by atomic mass is 35.5. The van der Waals surface area contributed by atoms with Gasteiger partial charge in [0, 0.05) is 11.1 Å². The van der Waals surface area contributed by atoms with Crippen molar-refractivity contribution in [2.24, 2.45) is 5.73 Å². The van der Waals surface area contributed by atoms with Gasteiger partial charge in [0.25, 0.3) is 0 Å². The third kappa shape index (κ3) is 4.57. The Labute approximate surface area is 133 Å². The van der Waals surface area contributed by atoms with Crippen molar-refractivity contribution in [1.82, 2.24) is 0 Å². The van der Waals surface area contributed by atoms with Crippen molar-refractivity contribution in [3.05, 3.63) is 63.1 Å². The predicted molar refractivity (Wildman–Crippen MR) is 85.1 cm³/mol. The van der Waals surface area contributed by atoms with E-state index in [-0.39, 0.29) is 6.04 Å². The normalized spacial score (nSPS) is 12.2. The van der Waals surface area contributed by atoms with E-state index in [1.807, 2.05) is 24.3 Å². The maximum absolute atomic E-state index is 6.05. The number of nitrogens with two attached hydrogens (primary N) is 1. The van der Waals surface area contributed by atoms with Gasteiger partial charge in [0.1, 0.15) is 12.4 Å². The second-order valence-corrected chi connectivity index (χ2v) is 5.73. The zero-order chi connectivity index (χ0) is 14.5. The second kappa shape index (κ2) is 7.19. The summed E-state index contributed by atoms with van der Waals surface area (Å²) in [6, 6.07) is 12.6. The number of rotatable bonds is 5. The molecule has 0 spiro atoms. The molecule has 2 N–H and O–H groups in total. The molecule has 0 aliphatic carbocycles. The lowest BCUT2D eigenvalue weighted by molar-refractivity contribution is 0.287. The van der Waals surface area contributed by atoms with Crippen molar-refractivity contribution >= 4 is 34.8 Å². The Balaban J connectivity index is 1.89. The fraction of sp³-hybridized carbons (Fsp3) is 0.200. The van der Waals surface area contributed by atoms with Gasteiger partial charge in [-0.15, -0.1) is 0 Å². The van der Waals surface area contributed by atoms with E-state index in [9.17, 15) is 0 Å². The molecule has 1 atom stereocenters. The van der Waals surface area contributed by atoms with E-state index >= 15 is 0 Å². The van der Waals surface area contributed by atoms with Crippen LogP contribution in [0.2, 0.25) is 15.1 Å². The molecule has 0 aromatic heterocycles. The van der Waals surface area contributed by atoms with E-state index in [0.29, 0.717) is 33.8 Å². The van der Waals surface area contributed by atoms with Gasteiger partial charge in [-0.2, -0.15) is 0 Å². The van der Waals surface area contributed by atoms with Crippen molar-refractivity contribution < 1.29 is 4.74 Å². The number of hydrogen-bond donors (Lipinski definition) is 1. The van der Waals surface area contributed by atoms with Crippen molar-refractivity contribution in [3.63, 3.8) is 0 Å². The van der Waals surface area contributed by atoms with Crippen molar-refractivity contribution in [3.8, 4) is 5.75 Å². The highest BCUT2D eigenvalue weighted by molar-refractivity contribution is 6.42. The minimum Gasteiger partial charge on any atom is -0.492 e. The molecule has 0 saturated carbocycles. The number of ether oxygens (including phenoxy) is 1. The summed E-state index contributed by atoms with van der Waals surface area (Å²) in [6.07, 6.45) is 0.664. The fourth-order valence-corrected chi connectivity index (χ4v) is 2.29. The maximum Gasteiger partial charge on any atom is 0.120 e. The summed E-state index contributed by atoms with van der Waals surface area (Å²) in [7, 11) is 0. The summed E-state index contributed by atoms with van der Waals surface area (Å²) in [5, 5.41) is 1.71. The third-order valence-corrected chi connectivity index (χ3v) is 3.72. The molecule has 0 fully saturated rings. The summed E-state index contributed by atoms with van der Waals surface area (Å²) >= 11 is 17.7. The minimum absolute atomic E-state index is 0.133. The Bertz CT molecular complexity index is 589. The molecule has 2 rings (SSSR count). The molecule has 20 heavy (non-hydrogen) atoms. The van der Waals surface area contributed by atoms with Crippen LogP contribution in [-0.2, 0) is 6.42 Å². The molecule has 2 aromatic rings. The van der Waals surface area contributed by atoms with E-state index in [1.165, 1.54) is 0 Å². The van der Waals surface area contributed by atoms with Crippen LogP contribution in [-0.4, -0.2) is 12.6 Å². The molecule has 0 bridgehead atoms. The lowest BCUT2D eigenvalue weighted by Gasteiger charge is -2.14. The van der Waals surface area contributed by atoms with Crippen molar-refractivity contribution in [2.45, 2.75) is 12.5 Å². The van der Waals surface area contributed by atoms with Crippen LogP contribution in [0.3, 0.4) is 0 Å². The molecule has 2 aromatic carbocycles. The summed E-state index contributed by atoms with van der Waals surface area (Å²) in [6.45, 7) is 0.403. The molecule has 0 aliphatic heterocycles. The monoisotopic (exact) mass is 329 g/mol. The minimum atomic E-state index is -0.133. The van der Waals surface area contributed by atoms with Gasteiger partial charge in [-0.1, -0.05) is 46.9 Å². The van der Waals surface area contributed by atoms with E-state index in [2.05, 4.69) is 0 Å². The summed E-state index contributed by atoms with van der Waals surface area (Å²) in [4.78, 5) is 0. The predicted octanol–water partition coefficient (Wildman–Crippen LogP) is 4.60. The standard InChI is InChI=1S/C15H14Cl3NO/c16-11-2-1-3-13(8-11)20-9-12(19)6-10-4-5-14(17)15(18)7-10/h1-5,7-8,12H,6,9,19H2. The molecule has 0 amide bonds. The van der Waals surface area contributed by atoms with Crippen molar-refractivity contribution in [2.75, 3.05) is 6.61 Å². The van der Waals surface area contributed by atoms with Crippen LogP contribution in [0.4, 0.5) is 0 Å². The Kier molecular flexibility index (Phi) is 5.55. The van der Waals surface area contributed by atoms with E-state index in [0.717, 1.165) is 5.56 Å². The fourth-order valence-electron chi connectivity index (χ4n) is 1.79. The quantitative estimate of drug-likeness (QED) is 0.870. The van der Waals surface area contributed by atoms with Gasteiger partial charge >= 0.3 is 0 Å². The third-order valence-electron chi connectivity index (χ3n) is 2.74. The van der Waals surface area contributed by atoms with Gasteiger partial charge in [0.15, 0.2) is 0 Å². The first-order chi connectivity index (χ1) is 9.54. The van der Waals surface area contributed by atoms with Crippen LogP contribution in [0, 0.1) is 0 Å². The molecular weight excluding hydrogens is 317 g/mol. The first-order valence-electron chi connectivity index (χ1n) is 6.12. The van der Waals surface area contributed by atoms with Gasteiger partial charge in [-0.25, -0.2) is 0 Å². The average molecular weight is 331 g/mol. The zero-order valence-electron chi connectivity index (χ0n) is 10.7. The molecule has 0 saturated heterocycles. The topological polar surface area (TPSA) is 35.2 Å². The molecule has 5 heteroatoms. The second-order valence-electron chi connectivity index (χ2n) is 4.48. The highest BCUT2D eigenvalue weighted by Gasteiger charge is 2.07. The molecule has 0 heterocycles. The Morgan fingerprint density at radius 1 is 1.00 bits per heavy atom. The molecule has 1 unspecified atom stereocenters. The lowest BCUT2D eigenvalue weighted by atomic mass is 10.1. The van der Waals surface area contributed by atoms with Crippen LogP contribution in [0.25, 0.3) is 0 Å². The number of benzene rings is 2. The highest BCUT2D eigenvalue weighted by Crippen LogP contribution is 2.23. The van der Waals surface area contributed by atoms with Gasteiger partial charge in [0.2, 0.25) is 0 Å². The Hall–Kier alpha value is -0.930. The average Bonchev–Trinajstić information content (AvgIpc) is 2.41. The number of halogens is 3. The van der Waals surface area contributed by atoms with Crippen LogP contribution in [0.1, 0.15) is 5.56 Å². The van der Waals surface area contributed by atoms with Gasteiger partial charge in [0.05, 0.1) is 10.0 Å². The van der Waals surface area contributed by atoms with Crippen molar-refractivity contribution in [1.29, 1.82) is 0 Å². The van der Waals surface area contributed by atoms with Gasteiger partial charge in [-0.05, 0) is 42.3 Å². The van der Waals surface area contributed by atoms with Gasteiger partial charge in [-0.3, -0.25) is 0 Å². The van der Waals surface area contributed by atoms with Crippen LogP contribution in [0.15, 0.2) is 42.5 Å². The Morgan fingerprint density at radius 2 is 1.80 bits per heavy atom. The van der Waals surface area contributed by atoms with E-state index in [4.69, 9.17) is 45.3 Å². The summed E-state index contributed by atoms with van der Waals surface area (Å²) in [5.74, 6) is 0.710. The zero-order valence-corrected chi connectivity index (χ0v) is 12.9. The summed E-state index contributed by atoms with van der Waals surface area (Å²) in [5.41, 5.74) is 7.07. The van der Waals surface area contributed by atoms with E-state index in [1.54, 1.807) is 18.2 Å². The molecule has 106 valence electrons. The lowest BCUT2D eigenvalue weighted by Crippen LogP contribution is -2.30. The first kappa shape index (κ1) is 15.5. The Morgan fingerprint density at radius 3 is 2.50 bits per heavy atom. The van der Waals surface area contributed by atoms with Gasteiger partial charge < -0.3 is 10.5 Å². The molecule has 2 nitrogen and oxygen atoms in total. The molecular formula is C15H14Cl3NO. The molecule has 0 aliphatic rings. The SMILES string of the molecule is NC(COc1cccc(Cl)c1)Cc1ccc(Cl)c(Cl)c1. The van der Waals surface area contributed by atoms with Crippen LogP contribution < -0.4 is 10.5 Å².